The fraction of sp³-hybridized carbons (Fsp3) is 0.154. The minimum Gasteiger partial charge on any atom is -0.305 e. The van der Waals surface area contributed by atoms with Crippen LogP contribution in [-0.2, 0) is 79.1 Å². The van der Waals surface area contributed by atoms with Gasteiger partial charge < -0.3 is 4.90 Å². The largest absolute Gasteiger partial charge is 0.305 e. The summed E-state index contributed by atoms with van der Waals surface area (Å²) in [5, 5.41) is 12.6. The molecule has 0 aliphatic carbocycles. The van der Waals surface area contributed by atoms with Gasteiger partial charge in [0.2, 0.25) is 30.1 Å². The van der Waals surface area contributed by atoms with Gasteiger partial charge in [0.05, 0.1) is 43.3 Å². The molecule has 0 saturated carbocycles. The fourth-order valence-electron chi connectivity index (χ4n) is 10.6. The Balaban J connectivity index is 0.000000160. The predicted molar refractivity (Wildman–Crippen MR) is 398 cm³/mol. The summed E-state index contributed by atoms with van der Waals surface area (Å²) in [7, 11) is -10.4. The van der Waals surface area contributed by atoms with E-state index in [0.29, 0.717) is 34.6 Å². The van der Waals surface area contributed by atoms with Crippen LogP contribution in [0.4, 0.5) is 0 Å². The summed E-state index contributed by atoms with van der Waals surface area (Å²) in [4.78, 5) is 37.2. The molecule has 3 heterocycles. The third kappa shape index (κ3) is 21.9. The smallest absolute Gasteiger partial charge is 0.240 e. The first-order valence-corrected chi connectivity index (χ1v) is 38.6. The van der Waals surface area contributed by atoms with E-state index in [1.165, 1.54) is 62.7 Å². The maximum absolute atomic E-state index is 12.7. The lowest BCUT2D eigenvalue weighted by Gasteiger charge is -2.13. The second-order valence-electron chi connectivity index (χ2n) is 23.8. The molecule has 0 saturated heterocycles. The lowest BCUT2D eigenvalue weighted by atomic mass is 9.99. The monoisotopic (exact) mass is 1460 g/mol. The van der Waals surface area contributed by atoms with Gasteiger partial charge in [-0.05, 0) is 165 Å². The van der Waals surface area contributed by atoms with E-state index in [1.807, 2.05) is 142 Å². The molecule has 103 heavy (non-hydrogen) atoms. The maximum atomic E-state index is 12.7. The van der Waals surface area contributed by atoms with Crippen LogP contribution in [0, 0.1) is 0 Å². The first-order chi connectivity index (χ1) is 49.4. The van der Waals surface area contributed by atoms with Crippen molar-refractivity contribution in [2.24, 2.45) is 0 Å². The zero-order valence-electron chi connectivity index (χ0n) is 57.3. The van der Waals surface area contributed by atoms with Gasteiger partial charge in [0.15, 0.2) is 27.2 Å². The van der Waals surface area contributed by atoms with Crippen LogP contribution >= 0.6 is 0 Å². The molecule has 9 aromatic carbocycles. The van der Waals surface area contributed by atoms with Gasteiger partial charge in [-0.1, -0.05) is 164 Å². The minimum atomic E-state index is -3.74. The molecule has 530 valence electrons. The van der Waals surface area contributed by atoms with Gasteiger partial charge >= 0.3 is 0 Å². The summed E-state index contributed by atoms with van der Waals surface area (Å²) < 4.78 is 114. The van der Waals surface area contributed by atoms with E-state index in [2.05, 4.69) is 58.6 Å². The van der Waals surface area contributed by atoms with Crippen LogP contribution in [0.5, 0.6) is 0 Å². The second-order valence-corrected chi connectivity index (χ2v) is 31.2. The molecule has 12 rings (SSSR count). The van der Waals surface area contributed by atoms with Crippen molar-refractivity contribution in [3.63, 3.8) is 0 Å². The molecule has 0 spiro atoms. The summed E-state index contributed by atoms with van der Waals surface area (Å²) in [6.45, 7) is 6.07. The molecule has 0 bridgehead atoms. The van der Waals surface area contributed by atoms with Crippen LogP contribution in [0.15, 0.2) is 299 Å². The van der Waals surface area contributed by atoms with Crippen molar-refractivity contribution in [2.75, 3.05) is 19.8 Å². The van der Waals surface area contributed by atoms with Crippen molar-refractivity contribution in [1.82, 2.24) is 48.4 Å². The molecule has 0 aliphatic heterocycles. The molecule has 0 aliphatic rings. The van der Waals surface area contributed by atoms with E-state index in [0.717, 1.165) is 56.9 Å². The first-order valence-electron chi connectivity index (χ1n) is 32.5. The molecule has 21 nitrogen and oxygen atoms in total. The highest BCUT2D eigenvalue weighted by Gasteiger charge is 2.21. The predicted octanol–water partition coefficient (Wildman–Crippen LogP) is 12.2. The number of carbonyl (C=O) groups is 3. The van der Waals surface area contributed by atoms with E-state index < -0.39 is 39.9 Å². The Bertz CT molecular complexity index is 5310. The number of hydrogen-bond donors (Lipinski definition) is 3. The van der Waals surface area contributed by atoms with Gasteiger partial charge in [-0.2, -0.15) is 15.3 Å². The second kappa shape index (κ2) is 35.7. The topological polar surface area (TPSA) is 281 Å². The number of para-hydroxylation sites is 2. The van der Waals surface area contributed by atoms with Gasteiger partial charge in [0, 0.05) is 80.1 Å². The summed E-state index contributed by atoms with van der Waals surface area (Å²) in [5.41, 5.74) is 10.5. The number of benzene rings is 9. The van der Waals surface area contributed by atoms with E-state index in [1.54, 1.807) is 106 Å². The quantitative estimate of drug-likeness (QED) is 0.0425. The number of aromatic nitrogens is 6. The standard InChI is InChI=1S/C24H26N2O3S.C19H19N3O3S.C18H17N3O3S.C17H16N2O2S/c1-18(27)21-8-6-9-23(15-21)30(28,29)25-16-22-7-4-5-10-24(22)20-13-11-19(12-14-20)17-26(2)3;1-15(23)16-8-4-9-19(12-16)26(24,25)21-13-17-6-2-3-7-18(17)14-22-11-5-10-20-22;1-14(22)15-7-4-8-17(12-15)25(23,24)20-13-16-6-2-3-9-18(16)21-11-5-10-19-21;20-22(21,16-8-2-1-3-9-16)14-11-15-7-4-5-10-17(15)19-13-6-12-18-19/h4-15,25H,16-17H2,1-3H3;2-12,21H,13-14H2,1H3;2-12,20H,13H2,1H3;1-10,12-13H,11,14H2. The highest BCUT2D eigenvalue weighted by Crippen LogP contribution is 2.26. The van der Waals surface area contributed by atoms with E-state index in [-0.39, 0.29) is 57.4 Å². The number of nitrogens with one attached hydrogen (secondary N) is 3. The Labute approximate surface area is 601 Å². The number of rotatable bonds is 26. The third-order valence-electron chi connectivity index (χ3n) is 16.0. The molecule has 25 heteroatoms. The van der Waals surface area contributed by atoms with E-state index >= 15 is 0 Å². The lowest BCUT2D eigenvalue weighted by Crippen LogP contribution is -2.24. The highest BCUT2D eigenvalue weighted by molar-refractivity contribution is 7.91. The lowest BCUT2D eigenvalue weighted by molar-refractivity contribution is 0.100. The molecule has 0 amide bonds. The Morgan fingerprint density at radius 2 is 0.786 bits per heavy atom. The van der Waals surface area contributed by atoms with E-state index in [4.69, 9.17) is 0 Å². The van der Waals surface area contributed by atoms with Crippen molar-refractivity contribution in [2.45, 2.75) is 79.5 Å². The van der Waals surface area contributed by atoms with Crippen molar-refractivity contribution in [3.05, 3.63) is 330 Å². The summed E-state index contributed by atoms with van der Waals surface area (Å²) in [6.07, 6.45) is 11.0. The number of hydrogen-bond acceptors (Lipinski definition) is 15. The van der Waals surface area contributed by atoms with Crippen molar-refractivity contribution >= 4 is 57.3 Å². The number of sulfone groups is 1. The molecule has 3 N–H and O–H groups in total. The SMILES string of the molecule is CC(=O)c1cccc(S(=O)(=O)NCc2ccccc2-c2ccc(CN(C)C)cc2)c1.CC(=O)c1cccc(S(=O)(=O)NCc2ccccc2-n2cccn2)c1.CC(=O)c1cccc(S(=O)(=O)NCc2ccccc2Cn2cccn2)c1.O=S(=O)(CCc1ccccc1-n1cccn1)c1ccccc1. The Morgan fingerprint density at radius 3 is 1.25 bits per heavy atom. The van der Waals surface area contributed by atoms with E-state index in [9.17, 15) is 48.1 Å². The van der Waals surface area contributed by atoms with Crippen LogP contribution in [0.3, 0.4) is 0 Å². The average molecular weight is 1460 g/mol. The molecular weight excluding hydrogens is 1380 g/mol. The van der Waals surface area contributed by atoms with Gasteiger partial charge in [-0.15, -0.1) is 0 Å². The number of Topliss-reactive ketones (excluding diaryl/α,β-unsaturated/α-hetero) is 3. The maximum Gasteiger partial charge on any atom is 0.240 e. The summed E-state index contributed by atoms with van der Waals surface area (Å²) in [6, 6.07) is 70.9. The molecular formula is C78H78N10O11S4. The molecule has 3 aromatic heterocycles. The number of carbonyl (C=O) groups excluding carboxylic acids is 3. The van der Waals surface area contributed by atoms with Crippen LogP contribution in [0.25, 0.3) is 22.5 Å². The Hall–Kier alpha value is -10.7. The molecule has 0 atom stereocenters. The minimum absolute atomic E-state index is 0.0665. The Kier molecular flexibility index (Phi) is 26.5. The van der Waals surface area contributed by atoms with Gasteiger partial charge in [0.1, 0.15) is 0 Å². The third-order valence-corrected chi connectivity index (χ3v) is 22.0. The first kappa shape index (κ1) is 76.4. The normalized spacial score (nSPS) is 11.5. The van der Waals surface area contributed by atoms with Gasteiger partial charge in [-0.25, -0.2) is 57.2 Å². The van der Waals surface area contributed by atoms with Gasteiger partial charge in [0.25, 0.3) is 0 Å². The van der Waals surface area contributed by atoms with Crippen molar-refractivity contribution < 1.29 is 48.1 Å². The zero-order chi connectivity index (χ0) is 73.6. The number of ketones is 3. The van der Waals surface area contributed by atoms with Crippen LogP contribution < -0.4 is 14.2 Å². The van der Waals surface area contributed by atoms with Gasteiger partial charge in [-0.3, -0.25) is 19.1 Å². The van der Waals surface area contributed by atoms with Crippen LogP contribution in [0.1, 0.15) is 85.2 Å². The summed E-state index contributed by atoms with van der Waals surface area (Å²) in [5.74, 6) is -0.447. The molecule has 0 unspecified atom stereocenters. The number of sulfonamides is 3. The zero-order valence-corrected chi connectivity index (χ0v) is 60.5. The van der Waals surface area contributed by atoms with Crippen molar-refractivity contribution in [1.29, 1.82) is 0 Å². The summed E-state index contributed by atoms with van der Waals surface area (Å²) >= 11 is 0. The molecule has 12 aromatic rings. The molecule has 0 fully saturated rings. The number of nitrogens with zero attached hydrogens (tertiary/aromatic N) is 7. The Morgan fingerprint density at radius 1 is 0.388 bits per heavy atom. The van der Waals surface area contributed by atoms with Crippen LogP contribution in [-0.4, -0.2) is 105 Å². The number of aryl methyl sites for hydroxylation is 1. The van der Waals surface area contributed by atoms with Crippen molar-refractivity contribution in [3.8, 4) is 22.5 Å². The molecule has 0 radical (unpaired) electrons. The fourth-order valence-corrected chi connectivity index (χ4v) is 15.1. The highest BCUT2D eigenvalue weighted by atomic mass is 32.2. The van der Waals surface area contributed by atoms with Crippen LogP contribution in [0.2, 0.25) is 0 Å². The average Bonchev–Trinajstić information content (AvgIpc) is 1.18.